The van der Waals surface area contributed by atoms with Gasteiger partial charge in [0.2, 0.25) is 5.72 Å². The van der Waals surface area contributed by atoms with E-state index in [-0.39, 0.29) is 0 Å². The Kier molecular flexibility index (Phi) is 1.81. The Morgan fingerprint density at radius 2 is 1.92 bits per heavy atom. The number of likely N-dealkylation sites (N-methyl/N-ethyl adjacent to an activating group) is 2. The van der Waals surface area contributed by atoms with Crippen molar-refractivity contribution < 1.29 is 19.8 Å². The highest BCUT2D eigenvalue weighted by Crippen LogP contribution is 2.21. The van der Waals surface area contributed by atoms with E-state index in [1.54, 1.807) is 0 Å². The first kappa shape index (κ1) is 8.95. The van der Waals surface area contributed by atoms with Crippen molar-refractivity contribution in [1.29, 1.82) is 0 Å². The maximum atomic E-state index is 11.1. The summed E-state index contributed by atoms with van der Waals surface area (Å²) in [6.45, 7) is -0.793. The van der Waals surface area contributed by atoms with Gasteiger partial charge < -0.3 is 10.2 Å². The fourth-order valence-corrected chi connectivity index (χ4v) is 1.06. The SMILES string of the molecule is CN1C(=O)N(C)C(O)(CO)C1=O. The molecule has 0 aromatic heterocycles. The number of nitrogens with zero attached hydrogens (tertiary/aromatic N) is 2. The van der Waals surface area contributed by atoms with Crippen LogP contribution in [0.2, 0.25) is 0 Å². The number of carbonyl (C=O) groups excluding carboxylic acids is 2. The summed E-state index contributed by atoms with van der Waals surface area (Å²) < 4.78 is 0. The Balaban J connectivity index is 3.06. The summed E-state index contributed by atoms with van der Waals surface area (Å²) in [5.41, 5.74) is -2.08. The highest BCUT2D eigenvalue weighted by atomic mass is 16.4. The zero-order chi connectivity index (χ0) is 9.52. The first-order valence-electron chi connectivity index (χ1n) is 3.34. The van der Waals surface area contributed by atoms with Crippen molar-refractivity contribution in [1.82, 2.24) is 9.80 Å². The van der Waals surface area contributed by atoms with Crippen LogP contribution in [0, 0.1) is 0 Å². The quantitative estimate of drug-likeness (QED) is 0.459. The second-order valence-electron chi connectivity index (χ2n) is 2.68. The second kappa shape index (κ2) is 2.43. The van der Waals surface area contributed by atoms with Crippen LogP contribution in [0.4, 0.5) is 4.79 Å². The van der Waals surface area contributed by atoms with Crippen LogP contribution >= 0.6 is 0 Å². The molecular weight excluding hydrogens is 164 g/mol. The number of amides is 3. The molecule has 1 saturated heterocycles. The van der Waals surface area contributed by atoms with Crippen molar-refractivity contribution in [2.24, 2.45) is 0 Å². The lowest BCUT2D eigenvalue weighted by Gasteiger charge is -2.23. The molecule has 0 aliphatic carbocycles. The summed E-state index contributed by atoms with van der Waals surface area (Å²) in [7, 11) is 2.49. The summed E-state index contributed by atoms with van der Waals surface area (Å²) in [6, 6.07) is -0.628. The Morgan fingerprint density at radius 1 is 1.42 bits per heavy atom. The minimum Gasteiger partial charge on any atom is -0.391 e. The van der Waals surface area contributed by atoms with Crippen LogP contribution in [0.15, 0.2) is 0 Å². The molecule has 12 heavy (non-hydrogen) atoms. The Labute approximate surface area is 69.0 Å². The molecule has 6 nitrogen and oxygen atoms in total. The van der Waals surface area contributed by atoms with Crippen LogP contribution in [0.1, 0.15) is 0 Å². The minimum atomic E-state index is -2.08. The predicted octanol–water partition coefficient (Wildman–Crippen LogP) is -1.81. The summed E-state index contributed by atoms with van der Waals surface area (Å²) in [6.07, 6.45) is 0. The molecule has 0 saturated carbocycles. The first-order valence-corrected chi connectivity index (χ1v) is 3.34. The van der Waals surface area contributed by atoms with E-state index < -0.39 is 24.3 Å². The number of hydrogen-bond donors (Lipinski definition) is 2. The summed E-state index contributed by atoms with van der Waals surface area (Å²) in [4.78, 5) is 23.7. The van der Waals surface area contributed by atoms with Crippen LogP contribution in [-0.4, -0.2) is 58.4 Å². The van der Waals surface area contributed by atoms with Crippen molar-refractivity contribution in [3.63, 3.8) is 0 Å². The summed E-state index contributed by atoms with van der Waals surface area (Å²) in [5.74, 6) is -0.808. The summed E-state index contributed by atoms with van der Waals surface area (Å²) >= 11 is 0. The van der Waals surface area contributed by atoms with Crippen LogP contribution < -0.4 is 0 Å². The smallest absolute Gasteiger partial charge is 0.329 e. The average molecular weight is 174 g/mol. The van der Waals surface area contributed by atoms with Crippen molar-refractivity contribution in [3.05, 3.63) is 0 Å². The van der Waals surface area contributed by atoms with Gasteiger partial charge in [0.25, 0.3) is 5.91 Å². The number of imide groups is 1. The minimum absolute atomic E-state index is 0.628. The maximum Gasteiger partial charge on any atom is 0.329 e. The fourth-order valence-electron chi connectivity index (χ4n) is 1.06. The Hall–Kier alpha value is -1.14. The summed E-state index contributed by atoms with van der Waals surface area (Å²) in [5, 5.41) is 18.2. The van der Waals surface area contributed by atoms with E-state index in [4.69, 9.17) is 5.11 Å². The molecular formula is C6H10N2O4. The number of carbonyl (C=O) groups is 2. The number of aliphatic hydroxyl groups excluding tert-OH is 1. The highest BCUT2D eigenvalue weighted by molar-refractivity contribution is 6.05. The molecule has 0 spiro atoms. The van der Waals surface area contributed by atoms with Crippen LogP contribution in [0.25, 0.3) is 0 Å². The van der Waals surface area contributed by atoms with Gasteiger partial charge in [-0.05, 0) is 0 Å². The van der Waals surface area contributed by atoms with Crippen molar-refractivity contribution >= 4 is 11.9 Å². The number of hydrogen-bond acceptors (Lipinski definition) is 4. The van der Waals surface area contributed by atoms with Gasteiger partial charge in [-0.25, -0.2) is 4.79 Å². The molecule has 0 bridgehead atoms. The zero-order valence-electron chi connectivity index (χ0n) is 6.81. The largest absolute Gasteiger partial charge is 0.391 e. The molecule has 0 aromatic carbocycles. The fraction of sp³-hybridized carbons (Fsp3) is 0.667. The second-order valence-corrected chi connectivity index (χ2v) is 2.68. The molecule has 1 aliphatic rings. The number of urea groups is 1. The van der Waals surface area contributed by atoms with Gasteiger partial charge in [0.1, 0.15) is 6.61 Å². The standard InChI is InChI=1S/C6H10N2O4/c1-7-4(10)6(12,3-9)8(2)5(7)11/h9,12H,3H2,1-2H3. The molecule has 3 amide bonds. The van der Waals surface area contributed by atoms with Crippen LogP contribution in [-0.2, 0) is 4.79 Å². The van der Waals surface area contributed by atoms with Gasteiger partial charge >= 0.3 is 6.03 Å². The molecule has 1 unspecified atom stereocenters. The normalized spacial score (nSPS) is 30.3. The third kappa shape index (κ3) is 0.819. The van der Waals surface area contributed by atoms with Crippen molar-refractivity contribution in [2.75, 3.05) is 20.7 Å². The molecule has 1 aliphatic heterocycles. The maximum absolute atomic E-state index is 11.1. The predicted molar refractivity (Wildman–Crippen MR) is 38.0 cm³/mol. The van der Waals surface area contributed by atoms with E-state index in [2.05, 4.69) is 0 Å². The van der Waals surface area contributed by atoms with Gasteiger partial charge in [-0.15, -0.1) is 0 Å². The van der Waals surface area contributed by atoms with Gasteiger partial charge in [-0.1, -0.05) is 0 Å². The third-order valence-electron chi connectivity index (χ3n) is 2.00. The first-order chi connectivity index (χ1) is 5.45. The highest BCUT2D eigenvalue weighted by Gasteiger charge is 2.53. The Morgan fingerprint density at radius 3 is 2.08 bits per heavy atom. The monoisotopic (exact) mass is 174 g/mol. The van der Waals surface area contributed by atoms with Gasteiger partial charge in [0, 0.05) is 14.1 Å². The molecule has 0 radical (unpaired) electrons. The van der Waals surface area contributed by atoms with Crippen LogP contribution in [0.3, 0.4) is 0 Å². The van der Waals surface area contributed by atoms with E-state index in [1.807, 2.05) is 0 Å². The lowest BCUT2D eigenvalue weighted by molar-refractivity contribution is -0.157. The van der Waals surface area contributed by atoms with Gasteiger partial charge in [-0.3, -0.25) is 14.6 Å². The average Bonchev–Trinajstić information content (AvgIpc) is 2.22. The number of rotatable bonds is 1. The van der Waals surface area contributed by atoms with E-state index >= 15 is 0 Å². The molecule has 1 heterocycles. The van der Waals surface area contributed by atoms with Gasteiger partial charge in [0.05, 0.1) is 0 Å². The number of aliphatic hydroxyl groups is 2. The molecule has 1 fully saturated rings. The van der Waals surface area contributed by atoms with Gasteiger partial charge in [0.15, 0.2) is 0 Å². The zero-order valence-corrected chi connectivity index (χ0v) is 6.81. The topological polar surface area (TPSA) is 81.1 Å². The molecule has 68 valence electrons. The van der Waals surface area contributed by atoms with E-state index in [1.165, 1.54) is 14.1 Å². The van der Waals surface area contributed by atoms with E-state index in [0.29, 0.717) is 0 Å². The molecule has 1 atom stereocenters. The van der Waals surface area contributed by atoms with Gasteiger partial charge in [-0.2, -0.15) is 0 Å². The molecule has 6 heteroatoms. The lowest BCUT2D eigenvalue weighted by Crippen LogP contribution is -2.50. The van der Waals surface area contributed by atoms with E-state index in [9.17, 15) is 14.7 Å². The molecule has 2 N–H and O–H groups in total. The third-order valence-corrected chi connectivity index (χ3v) is 2.00. The lowest BCUT2D eigenvalue weighted by atomic mass is 10.2. The molecule has 1 rings (SSSR count). The van der Waals surface area contributed by atoms with Crippen LogP contribution in [0.5, 0.6) is 0 Å². The van der Waals surface area contributed by atoms with Crippen molar-refractivity contribution in [3.8, 4) is 0 Å². The van der Waals surface area contributed by atoms with E-state index in [0.717, 1.165) is 9.80 Å². The van der Waals surface area contributed by atoms with Crippen molar-refractivity contribution in [2.45, 2.75) is 5.72 Å². The Bertz CT molecular complexity index is 242. The molecule has 0 aromatic rings.